The van der Waals surface area contributed by atoms with Gasteiger partial charge in [0.05, 0.1) is 11.0 Å². The van der Waals surface area contributed by atoms with E-state index < -0.39 is 0 Å². The Hall–Kier alpha value is -1.57. The van der Waals surface area contributed by atoms with Gasteiger partial charge in [0.25, 0.3) is 0 Å². The van der Waals surface area contributed by atoms with E-state index in [2.05, 4.69) is 28.7 Å². The number of allylic oxidation sites excluding steroid dienone is 1. The maximum Gasteiger partial charge on any atom is 0.104 e. The Morgan fingerprint density at radius 1 is 1.40 bits per heavy atom. The standard InChI is InChI=1S/C11H12N2.C2H6/c1-3-4-9-5-6-10-11(7-9)13-8(2)12-10;1-2/h3,5-7H,1,4H2,2H3,(H,12,13);1-2H3. The number of rotatable bonds is 2. The highest BCUT2D eigenvalue weighted by Gasteiger charge is 1.98. The molecule has 0 saturated heterocycles. The van der Waals surface area contributed by atoms with Gasteiger partial charge in [0.2, 0.25) is 0 Å². The summed E-state index contributed by atoms with van der Waals surface area (Å²) in [5.41, 5.74) is 3.41. The molecule has 1 aromatic heterocycles. The van der Waals surface area contributed by atoms with Crippen LogP contribution >= 0.6 is 0 Å². The smallest absolute Gasteiger partial charge is 0.104 e. The van der Waals surface area contributed by atoms with Crippen LogP contribution in [0.15, 0.2) is 30.9 Å². The lowest BCUT2D eigenvalue weighted by Crippen LogP contribution is -1.79. The third-order valence-corrected chi connectivity index (χ3v) is 2.04. The summed E-state index contributed by atoms with van der Waals surface area (Å²) in [6, 6.07) is 6.25. The Morgan fingerprint density at radius 3 is 2.80 bits per heavy atom. The fourth-order valence-corrected chi connectivity index (χ4v) is 1.48. The number of hydrogen-bond donors (Lipinski definition) is 1. The van der Waals surface area contributed by atoms with Crippen LogP contribution in [0.3, 0.4) is 0 Å². The van der Waals surface area contributed by atoms with Crippen molar-refractivity contribution in [1.29, 1.82) is 0 Å². The predicted octanol–water partition coefficient (Wildman–Crippen LogP) is 3.63. The van der Waals surface area contributed by atoms with E-state index in [-0.39, 0.29) is 0 Å². The number of aromatic nitrogens is 2. The summed E-state index contributed by atoms with van der Waals surface area (Å²) in [4.78, 5) is 7.54. The predicted molar refractivity (Wildman–Crippen MR) is 66.1 cm³/mol. The summed E-state index contributed by atoms with van der Waals surface area (Å²) in [7, 11) is 0. The molecule has 0 aliphatic heterocycles. The van der Waals surface area contributed by atoms with Gasteiger partial charge in [0, 0.05) is 0 Å². The normalized spacial score (nSPS) is 9.53. The number of aryl methyl sites for hydroxylation is 1. The van der Waals surface area contributed by atoms with E-state index in [1.165, 1.54) is 5.56 Å². The van der Waals surface area contributed by atoms with E-state index >= 15 is 0 Å². The Balaban J connectivity index is 0.000000531. The third kappa shape index (κ3) is 2.69. The minimum absolute atomic E-state index is 0.911. The van der Waals surface area contributed by atoms with Crippen molar-refractivity contribution in [3.05, 3.63) is 42.2 Å². The molecule has 0 unspecified atom stereocenters. The maximum atomic E-state index is 4.33. The quantitative estimate of drug-likeness (QED) is 0.740. The molecule has 1 heterocycles. The number of benzene rings is 1. The molecule has 2 heteroatoms. The first-order valence-electron chi connectivity index (χ1n) is 5.36. The van der Waals surface area contributed by atoms with Gasteiger partial charge >= 0.3 is 0 Å². The second-order valence-electron chi connectivity index (χ2n) is 3.17. The fourth-order valence-electron chi connectivity index (χ4n) is 1.48. The van der Waals surface area contributed by atoms with Crippen molar-refractivity contribution in [1.82, 2.24) is 9.97 Å². The average Bonchev–Trinajstić information content (AvgIpc) is 2.61. The highest BCUT2D eigenvalue weighted by Crippen LogP contribution is 2.13. The van der Waals surface area contributed by atoms with Crippen LogP contribution in [0.5, 0.6) is 0 Å². The maximum absolute atomic E-state index is 4.33. The molecule has 0 saturated carbocycles. The Morgan fingerprint density at radius 2 is 2.13 bits per heavy atom. The summed E-state index contributed by atoms with van der Waals surface area (Å²) in [6.07, 6.45) is 2.82. The van der Waals surface area contributed by atoms with Crippen LogP contribution in [0.2, 0.25) is 0 Å². The lowest BCUT2D eigenvalue weighted by Gasteiger charge is -1.94. The number of nitrogens with one attached hydrogen (secondary N) is 1. The van der Waals surface area contributed by atoms with Crippen molar-refractivity contribution in [2.75, 3.05) is 0 Å². The van der Waals surface area contributed by atoms with Crippen molar-refractivity contribution >= 4 is 11.0 Å². The molecule has 0 aliphatic carbocycles. The fraction of sp³-hybridized carbons (Fsp3) is 0.308. The van der Waals surface area contributed by atoms with Gasteiger partial charge < -0.3 is 4.98 Å². The molecule has 2 rings (SSSR count). The summed E-state index contributed by atoms with van der Waals surface area (Å²) in [5.74, 6) is 0.964. The number of imidazole rings is 1. The zero-order valence-electron chi connectivity index (χ0n) is 9.67. The molecule has 80 valence electrons. The first-order valence-corrected chi connectivity index (χ1v) is 5.36. The number of fused-ring (bicyclic) bond motifs is 1. The molecule has 0 bridgehead atoms. The summed E-state index contributed by atoms with van der Waals surface area (Å²) in [6.45, 7) is 9.68. The number of aromatic amines is 1. The van der Waals surface area contributed by atoms with Crippen molar-refractivity contribution in [2.24, 2.45) is 0 Å². The molecule has 1 aromatic carbocycles. The largest absolute Gasteiger partial charge is 0.342 e. The first kappa shape index (κ1) is 11.5. The number of nitrogens with zero attached hydrogens (tertiary/aromatic N) is 1. The van der Waals surface area contributed by atoms with E-state index in [1.54, 1.807) is 0 Å². The summed E-state index contributed by atoms with van der Waals surface area (Å²) < 4.78 is 0. The molecule has 0 spiro atoms. The number of H-pyrrole nitrogens is 1. The zero-order chi connectivity index (χ0) is 11.3. The highest BCUT2D eigenvalue weighted by molar-refractivity contribution is 5.75. The van der Waals surface area contributed by atoms with Crippen LogP contribution in [-0.4, -0.2) is 9.97 Å². The van der Waals surface area contributed by atoms with E-state index in [9.17, 15) is 0 Å². The van der Waals surface area contributed by atoms with Crippen LogP contribution in [0.25, 0.3) is 11.0 Å². The van der Waals surface area contributed by atoms with E-state index in [0.29, 0.717) is 0 Å². The lowest BCUT2D eigenvalue weighted by atomic mass is 10.1. The molecule has 15 heavy (non-hydrogen) atoms. The van der Waals surface area contributed by atoms with Crippen molar-refractivity contribution in [3.8, 4) is 0 Å². The van der Waals surface area contributed by atoms with E-state index in [0.717, 1.165) is 23.3 Å². The minimum atomic E-state index is 0.911. The summed E-state index contributed by atoms with van der Waals surface area (Å²) in [5, 5.41) is 0. The topological polar surface area (TPSA) is 28.7 Å². The van der Waals surface area contributed by atoms with Crippen molar-refractivity contribution in [3.63, 3.8) is 0 Å². The van der Waals surface area contributed by atoms with Gasteiger partial charge in [-0.15, -0.1) is 6.58 Å². The van der Waals surface area contributed by atoms with Gasteiger partial charge in [0.1, 0.15) is 5.82 Å². The Bertz CT molecular complexity index is 441. The average molecular weight is 202 g/mol. The van der Waals surface area contributed by atoms with Crippen molar-refractivity contribution in [2.45, 2.75) is 27.2 Å². The molecule has 1 N–H and O–H groups in total. The SMILES string of the molecule is C=CCc1ccc2nc(C)[nH]c2c1.CC. The first-order chi connectivity index (χ1) is 7.29. The van der Waals surface area contributed by atoms with Crippen LogP contribution < -0.4 is 0 Å². The van der Waals surface area contributed by atoms with E-state index in [4.69, 9.17) is 0 Å². The van der Waals surface area contributed by atoms with Gasteiger partial charge in [-0.2, -0.15) is 0 Å². The van der Waals surface area contributed by atoms with Gasteiger partial charge in [-0.1, -0.05) is 26.0 Å². The molecule has 0 aliphatic rings. The van der Waals surface area contributed by atoms with Gasteiger partial charge in [-0.25, -0.2) is 4.98 Å². The van der Waals surface area contributed by atoms with Crippen molar-refractivity contribution < 1.29 is 0 Å². The molecule has 2 aromatic rings. The lowest BCUT2D eigenvalue weighted by molar-refractivity contribution is 1.17. The Kier molecular flexibility index (Phi) is 4.10. The molecule has 0 fully saturated rings. The van der Waals surface area contributed by atoms with Crippen LogP contribution in [0.1, 0.15) is 25.2 Å². The monoisotopic (exact) mass is 202 g/mol. The van der Waals surface area contributed by atoms with Crippen LogP contribution in [0, 0.1) is 6.92 Å². The molecule has 0 radical (unpaired) electrons. The van der Waals surface area contributed by atoms with Crippen LogP contribution in [-0.2, 0) is 6.42 Å². The minimum Gasteiger partial charge on any atom is -0.342 e. The van der Waals surface area contributed by atoms with Gasteiger partial charge in [-0.3, -0.25) is 0 Å². The van der Waals surface area contributed by atoms with Gasteiger partial charge in [0.15, 0.2) is 0 Å². The molecule has 2 nitrogen and oxygen atoms in total. The molecule has 0 amide bonds. The summed E-state index contributed by atoms with van der Waals surface area (Å²) >= 11 is 0. The molecular formula is C13H18N2. The third-order valence-electron chi connectivity index (χ3n) is 2.04. The highest BCUT2D eigenvalue weighted by atomic mass is 14.9. The second-order valence-corrected chi connectivity index (χ2v) is 3.17. The second kappa shape index (κ2) is 5.35. The van der Waals surface area contributed by atoms with Crippen LogP contribution in [0.4, 0.5) is 0 Å². The van der Waals surface area contributed by atoms with Gasteiger partial charge in [-0.05, 0) is 31.0 Å². The zero-order valence-corrected chi connectivity index (χ0v) is 9.67. The number of hydrogen-bond acceptors (Lipinski definition) is 1. The molecular weight excluding hydrogens is 184 g/mol. The Labute approximate surface area is 91.0 Å². The molecule has 0 atom stereocenters. The van der Waals surface area contributed by atoms with E-state index in [1.807, 2.05) is 32.9 Å².